The molecule has 0 radical (unpaired) electrons. The molecule has 1 aromatic rings. The Kier molecular flexibility index (Phi) is 5.51. The molecule has 0 aliphatic carbocycles. The van der Waals surface area contributed by atoms with E-state index in [-0.39, 0.29) is 18.9 Å². The summed E-state index contributed by atoms with van der Waals surface area (Å²) in [5.74, 6) is -1.68. The first-order valence-corrected chi connectivity index (χ1v) is 7.81. The molecule has 0 aromatic carbocycles. The van der Waals surface area contributed by atoms with Crippen LogP contribution in [0, 0.1) is 0 Å². The number of amides is 2. The van der Waals surface area contributed by atoms with E-state index in [1.165, 1.54) is 11.3 Å². The van der Waals surface area contributed by atoms with Crippen LogP contribution in [-0.2, 0) is 14.3 Å². The highest BCUT2D eigenvalue weighted by molar-refractivity contribution is 7.12. The highest BCUT2D eigenvalue weighted by atomic mass is 32.1. The molecule has 7 nitrogen and oxygen atoms in total. The summed E-state index contributed by atoms with van der Waals surface area (Å²) < 4.78 is 5.22. The molecule has 3 N–H and O–H groups in total. The van der Waals surface area contributed by atoms with Crippen LogP contribution in [0.1, 0.15) is 28.9 Å². The average Bonchev–Trinajstić information content (AvgIpc) is 2.99. The van der Waals surface area contributed by atoms with Crippen LogP contribution >= 0.6 is 11.3 Å². The van der Waals surface area contributed by atoms with Crippen molar-refractivity contribution in [2.24, 2.45) is 0 Å². The molecule has 2 amide bonds. The van der Waals surface area contributed by atoms with Crippen LogP contribution in [0.15, 0.2) is 17.5 Å². The van der Waals surface area contributed by atoms with Gasteiger partial charge in [0.15, 0.2) is 0 Å². The number of rotatable bonds is 6. The van der Waals surface area contributed by atoms with E-state index >= 15 is 0 Å². The van der Waals surface area contributed by atoms with Crippen molar-refractivity contribution in [1.82, 2.24) is 10.6 Å². The van der Waals surface area contributed by atoms with Gasteiger partial charge in [0.2, 0.25) is 5.91 Å². The van der Waals surface area contributed by atoms with Crippen molar-refractivity contribution in [3.05, 3.63) is 22.4 Å². The van der Waals surface area contributed by atoms with Crippen molar-refractivity contribution < 1.29 is 24.2 Å². The first kappa shape index (κ1) is 16.4. The minimum Gasteiger partial charge on any atom is -0.481 e. The van der Waals surface area contributed by atoms with E-state index in [0.717, 1.165) is 0 Å². The number of carboxylic acid groups (broad SMARTS) is 1. The third-order valence-corrected chi connectivity index (χ3v) is 4.37. The second-order valence-electron chi connectivity index (χ2n) is 5.17. The summed E-state index contributed by atoms with van der Waals surface area (Å²) >= 11 is 1.29. The Labute approximate surface area is 131 Å². The van der Waals surface area contributed by atoms with Gasteiger partial charge in [-0.1, -0.05) is 6.07 Å². The molecule has 0 atom stereocenters. The lowest BCUT2D eigenvalue weighted by Crippen LogP contribution is -2.55. The summed E-state index contributed by atoms with van der Waals surface area (Å²) in [6, 6.07) is 3.42. The monoisotopic (exact) mass is 326 g/mol. The third-order valence-electron chi connectivity index (χ3n) is 3.50. The fraction of sp³-hybridized carbons (Fsp3) is 0.500. The van der Waals surface area contributed by atoms with E-state index in [2.05, 4.69) is 10.6 Å². The maximum atomic E-state index is 12.0. The summed E-state index contributed by atoms with van der Waals surface area (Å²) in [5.41, 5.74) is -0.797. The molecule has 1 aliphatic rings. The Morgan fingerprint density at radius 1 is 1.32 bits per heavy atom. The summed E-state index contributed by atoms with van der Waals surface area (Å²) in [6.07, 6.45) is 0.745. The molecule has 2 heterocycles. The van der Waals surface area contributed by atoms with E-state index in [0.29, 0.717) is 30.9 Å². The van der Waals surface area contributed by atoms with Gasteiger partial charge >= 0.3 is 5.97 Å². The Morgan fingerprint density at radius 3 is 2.64 bits per heavy atom. The number of ether oxygens (including phenoxy) is 1. The average molecular weight is 326 g/mol. The van der Waals surface area contributed by atoms with Crippen molar-refractivity contribution in [3.8, 4) is 0 Å². The predicted molar refractivity (Wildman–Crippen MR) is 79.8 cm³/mol. The van der Waals surface area contributed by atoms with Crippen molar-refractivity contribution in [2.75, 3.05) is 19.8 Å². The number of carbonyl (C=O) groups excluding carboxylic acids is 2. The SMILES string of the molecule is O=C(O)CC1(NC(=O)CNC(=O)c2cccs2)CCOCC1. The van der Waals surface area contributed by atoms with Crippen LogP contribution in [0.4, 0.5) is 0 Å². The van der Waals surface area contributed by atoms with Gasteiger partial charge in [-0.2, -0.15) is 0 Å². The van der Waals surface area contributed by atoms with Crippen LogP contribution in [0.2, 0.25) is 0 Å². The van der Waals surface area contributed by atoms with Crippen LogP contribution in [-0.4, -0.2) is 48.2 Å². The Morgan fingerprint density at radius 2 is 2.05 bits per heavy atom. The van der Waals surface area contributed by atoms with Crippen LogP contribution in [0.5, 0.6) is 0 Å². The molecule has 1 fully saturated rings. The van der Waals surface area contributed by atoms with Gasteiger partial charge in [-0.25, -0.2) is 0 Å². The molecule has 22 heavy (non-hydrogen) atoms. The molecule has 8 heteroatoms. The van der Waals surface area contributed by atoms with Crippen molar-refractivity contribution in [3.63, 3.8) is 0 Å². The first-order valence-electron chi connectivity index (χ1n) is 6.93. The summed E-state index contributed by atoms with van der Waals surface area (Å²) in [6.45, 7) is 0.642. The second kappa shape index (κ2) is 7.37. The number of aliphatic carboxylic acids is 1. The Bertz CT molecular complexity index is 537. The third kappa shape index (κ3) is 4.54. The lowest BCUT2D eigenvalue weighted by Gasteiger charge is -2.36. The summed E-state index contributed by atoms with van der Waals surface area (Å²) in [5, 5.41) is 16.1. The summed E-state index contributed by atoms with van der Waals surface area (Å²) in [7, 11) is 0. The molecule has 1 aliphatic heterocycles. The highest BCUT2D eigenvalue weighted by Gasteiger charge is 2.36. The maximum absolute atomic E-state index is 12.0. The minimum atomic E-state index is -0.968. The molecule has 0 bridgehead atoms. The second-order valence-corrected chi connectivity index (χ2v) is 6.12. The molecule has 0 spiro atoms. The quantitative estimate of drug-likeness (QED) is 0.711. The molecule has 120 valence electrons. The fourth-order valence-electron chi connectivity index (χ4n) is 2.39. The highest BCUT2D eigenvalue weighted by Crippen LogP contribution is 2.24. The Hall–Kier alpha value is -1.93. The Balaban J connectivity index is 1.88. The molecule has 0 unspecified atom stereocenters. The molecular formula is C14H18N2O5S. The van der Waals surface area contributed by atoms with Gasteiger partial charge in [-0.05, 0) is 24.3 Å². The number of hydrogen-bond acceptors (Lipinski definition) is 5. The number of thiophene rings is 1. The lowest BCUT2D eigenvalue weighted by molar-refractivity contribution is -0.140. The zero-order chi connectivity index (χ0) is 16.0. The van der Waals surface area contributed by atoms with Gasteiger partial charge in [-0.3, -0.25) is 14.4 Å². The zero-order valence-corrected chi connectivity index (χ0v) is 12.8. The largest absolute Gasteiger partial charge is 0.481 e. The van der Waals surface area contributed by atoms with E-state index in [1.54, 1.807) is 17.5 Å². The van der Waals surface area contributed by atoms with Crippen molar-refractivity contribution >= 4 is 29.1 Å². The smallest absolute Gasteiger partial charge is 0.305 e. The molecule has 1 aromatic heterocycles. The van der Waals surface area contributed by atoms with Gasteiger partial charge in [0.1, 0.15) is 0 Å². The van der Waals surface area contributed by atoms with Crippen LogP contribution < -0.4 is 10.6 Å². The number of hydrogen-bond donors (Lipinski definition) is 3. The van der Waals surface area contributed by atoms with E-state index in [1.807, 2.05) is 0 Å². The maximum Gasteiger partial charge on any atom is 0.305 e. The fourth-order valence-corrected chi connectivity index (χ4v) is 3.03. The van der Waals surface area contributed by atoms with Gasteiger partial charge < -0.3 is 20.5 Å². The molecule has 0 saturated carbocycles. The lowest BCUT2D eigenvalue weighted by atomic mass is 9.86. The van der Waals surface area contributed by atoms with Gasteiger partial charge in [-0.15, -0.1) is 11.3 Å². The standard InChI is InChI=1S/C14H18N2O5S/c17-11(9-15-13(20)10-2-1-7-22-10)16-14(8-12(18)19)3-5-21-6-4-14/h1-2,7H,3-6,8-9H2,(H,15,20)(H,16,17)(H,18,19). The predicted octanol–water partition coefficient (Wildman–Crippen LogP) is 0.618. The zero-order valence-electron chi connectivity index (χ0n) is 12.0. The molecule has 1 saturated heterocycles. The summed E-state index contributed by atoms with van der Waals surface area (Å²) in [4.78, 5) is 35.3. The molecule has 2 rings (SSSR count). The number of carbonyl (C=O) groups is 3. The van der Waals surface area contributed by atoms with E-state index in [4.69, 9.17) is 9.84 Å². The topological polar surface area (TPSA) is 105 Å². The van der Waals surface area contributed by atoms with Gasteiger partial charge in [0.25, 0.3) is 5.91 Å². The van der Waals surface area contributed by atoms with Crippen molar-refractivity contribution in [1.29, 1.82) is 0 Å². The first-order chi connectivity index (χ1) is 10.5. The number of nitrogens with one attached hydrogen (secondary N) is 2. The minimum absolute atomic E-state index is 0.152. The number of carboxylic acids is 1. The van der Waals surface area contributed by atoms with Gasteiger partial charge in [0.05, 0.1) is 23.4 Å². The van der Waals surface area contributed by atoms with Crippen LogP contribution in [0.25, 0.3) is 0 Å². The van der Waals surface area contributed by atoms with Crippen LogP contribution in [0.3, 0.4) is 0 Å². The van der Waals surface area contributed by atoms with E-state index in [9.17, 15) is 14.4 Å². The van der Waals surface area contributed by atoms with Crippen molar-refractivity contribution in [2.45, 2.75) is 24.8 Å². The van der Waals surface area contributed by atoms with Gasteiger partial charge in [0, 0.05) is 13.2 Å². The normalized spacial score (nSPS) is 16.7. The molecular weight excluding hydrogens is 308 g/mol. The van der Waals surface area contributed by atoms with E-state index < -0.39 is 17.4 Å².